The average molecular weight is 275 g/mol. The molecule has 0 bridgehead atoms. The third-order valence-corrected chi connectivity index (χ3v) is 3.21. The van der Waals surface area contributed by atoms with Gasteiger partial charge in [-0.05, 0) is 37.5 Å². The zero-order valence-electron chi connectivity index (χ0n) is 10.4. The van der Waals surface area contributed by atoms with E-state index in [0.717, 1.165) is 19.8 Å². The van der Waals surface area contributed by atoms with Gasteiger partial charge < -0.3 is 15.6 Å². The Bertz CT molecular complexity index is 440. The first-order chi connectivity index (χ1) is 8.75. The predicted molar refractivity (Wildman–Crippen MR) is 63.7 cm³/mol. The summed E-state index contributed by atoms with van der Waals surface area (Å²) in [5.41, 5.74) is 1.99. The summed E-state index contributed by atoms with van der Waals surface area (Å²) in [4.78, 5) is 0. The van der Waals surface area contributed by atoms with Crippen LogP contribution < -0.4 is 10.5 Å². The van der Waals surface area contributed by atoms with E-state index in [1.54, 1.807) is 0 Å². The van der Waals surface area contributed by atoms with Gasteiger partial charge in [0.1, 0.15) is 5.75 Å². The number of ether oxygens (including phenoxy) is 1. The summed E-state index contributed by atoms with van der Waals surface area (Å²) in [7, 11) is 0. The molecule has 1 aliphatic rings. The number of halogens is 3. The molecule has 1 saturated carbocycles. The van der Waals surface area contributed by atoms with Gasteiger partial charge >= 0.3 is 6.18 Å². The molecule has 2 rings (SSSR count). The highest BCUT2D eigenvalue weighted by Crippen LogP contribution is 2.41. The first-order valence-corrected chi connectivity index (χ1v) is 6.07. The summed E-state index contributed by atoms with van der Waals surface area (Å²) in [6.45, 7) is 1.13. The molecule has 2 atom stereocenters. The molecule has 0 spiro atoms. The molecular weight excluding hydrogens is 259 g/mol. The molecular formula is C13H16F3NO2. The van der Waals surface area contributed by atoms with Crippen molar-refractivity contribution in [2.24, 2.45) is 5.73 Å². The summed E-state index contributed by atoms with van der Waals surface area (Å²) < 4.78 is 44.4. The number of nitrogens with two attached hydrogens (primary N) is 1. The first-order valence-electron chi connectivity index (χ1n) is 6.07. The topological polar surface area (TPSA) is 55.5 Å². The molecule has 2 unspecified atom stereocenters. The Balaban J connectivity index is 2.27. The van der Waals surface area contributed by atoms with Gasteiger partial charge in [-0.15, -0.1) is 0 Å². The predicted octanol–water partition coefficient (Wildman–Crippen LogP) is 2.32. The summed E-state index contributed by atoms with van der Waals surface area (Å²) >= 11 is 0. The van der Waals surface area contributed by atoms with Crippen molar-refractivity contribution >= 4 is 0 Å². The van der Waals surface area contributed by atoms with E-state index in [1.807, 2.05) is 0 Å². The van der Waals surface area contributed by atoms with E-state index >= 15 is 0 Å². The van der Waals surface area contributed by atoms with Crippen LogP contribution in [-0.2, 0) is 5.60 Å². The van der Waals surface area contributed by atoms with Crippen molar-refractivity contribution in [3.05, 3.63) is 29.8 Å². The average Bonchev–Trinajstić information content (AvgIpc) is 3.11. The molecule has 0 aromatic heterocycles. The van der Waals surface area contributed by atoms with E-state index in [1.165, 1.54) is 24.3 Å². The maximum Gasteiger partial charge on any atom is 0.422 e. The molecule has 3 nitrogen and oxygen atoms in total. The van der Waals surface area contributed by atoms with Crippen molar-refractivity contribution in [1.82, 2.24) is 0 Å². The maximum atomic E-state index is 13.0. The molecule has 1 fully saturated rings. The number of rotatable bonds is 4. The van der Waals surface area contributed by atoms with Crippen molar-refractivity contribution in [1.29, 1.82) is 0 Å². The molecule has 0 radical (unpaired) electrons. The van der Waals surface area contributed by atoms with Crippen molar-refractivity contribution < 1.29 is 23.0 Å². The van der Waals surface area contributed by atoms with Crippen LogP contribution >= 0.6 is 0 Å². The SMILES string of the molecule is CC(N)C(O)(c1ccc(OC2CC2)cc1)C(F)(F)F. The lowest BCUT2D eigenvalue weighted by Gasteiger charge is -2.34. The Hall–Kier alpha value is -1.27. The molecule has 0 heterocycles. The second-order valence-corrected chi connectivity index (χ2v) is 4.89. The number of hydrogen-bond donors (Lipinski definition) is 2. The van der Waals surface area contributed by atoms with Gasteiger partial charge in [-0.1, -0.05) is 12.1 Å². The fourth-order valence-electron chi connectivity index (χ4n) is 1.85. The van der Waals surface area contributed by atoms with Gasteiger partial charge in [-0.2, -0.15) is 13.2 Å². The third kappa shape index (κ3) is 2.69. The van der Waals surface area contributed by atoms with Crippen LogP contribution in [0.2, 0.25) is 0 Å². The summed E-state index contributed by atoms with van der Waals surface area (Å²) in [6, 6.07) is 3.78. The lowest BCUT2D eigenvalue weighted by Crippen LogP contribution is -2.54. The summed E-state index contributed by atoms with van der Waals surface area (Å²) in [6.07, 6.45) is -2.73. The zero-order valence-corrected chi connectivity index (χ0v) is 10.4. The van der Waals surface area contributed by atoms with Gasteiger partial charge in [0, 0.05) is 6.04 Å². The zero-order chi connectivity index (χ0) is 14.3. The minimum absolute atomic E-state index is 0.167. The summed E-state index contributed by atoms with van der Waals surface area (Å²) in [5.74, 6) is 0.500. The lowest BCUT2D eigenvalue weighted by atomic mass is 9.87. The van der Waals surface area contributed by atoms with E-state index in [0.29, 0.717) is 5.75 Å². The van der Waals surface area contributed by atoms with E-state index in [-0.39, 0.29) is 11.7 Å². The second kappa shape index (κ2) is 4.68. The van der Waals surface area contributed by atoms with Gasteiger partial charge in [0.25, 0.3) is 0 Å². The number of hydrogen-bond acceptors (Lipinski definition) is 3. The van der Waals surface area contributed by atoms with Crippen molar-refractivity contribution in [3.63, 3.8) is 0 Å². The van der Waals surface area contributed by atoms with Gasteiger partial charge in [-0.25, -0.2) is 0 Å². The molecule has 6 heteroatoms. The summed E-state index contributed by atoms with van der Waals surface area (Å²) in [5, 5.41) is 9.89. The highest BCUT2D eigenvalue weighted by Gasteiger charge is 2.57. The first kappa shape index (κ1) is 14.1. The molecule has 1 aliphatic carbocycles. The van der Waals surface area contributed by atoms with Crippen LogP contribution in [0.5, 0.6) is 5.75 Å². The number of benzene rings is 1. The molecule has 0 amide bonds. The van der Waals surface area contributed by atoms with Gasteiger partial charge in [0.05, 0.1) is 6.10 Å². The van der Waals surface area contributed by atoms with Crippen LogP contribution in [0.4, 0.5) is 13.2 Å². The minimum atomic E-state index is -4.83. The molecule has 1 aromatic carbocycles. The molecule has 0 aliphatic heterocycles. The van der Waals surface area contributed by atoms with E-state index in [9.17, 15) is 18.3 Å². The smallest absolute Gasteiger partial charge is 0.422 e. The molecule has 19 heavy (non-hydrogen) atoms. The van der Waals surface area contributed by atoms with E-state index in [2.05, 4.69) is 0 Å². The van der Waals surface area contributed by atoms with Crippen LogP contribution in [0.15, 0.2) is 24.3 Å². The largest absolute Gasteiger partial charge is 0.490 e. The Morgan fingerprint density at radius 3 is 2.16 bits per heavy atom. The Labute approximate surface area is 109 Å². The lowest BCUT2D eigenvalue weighted by molar-refractivity contribution is -0.272. The molecule has 1 aromatic rings. The van der Waals surface area contributed by atoms with Crippen LogP contribution in [0.3, 0.4) is 0 Å². The molecule has 106 valence electrons. The standard InChI is InChI=1S/C13H16F3NO2/c1-8(17)12(18,13(14,15)16)9-2-4-10(5-3-9)19-11-6-7-11/h2-5,8,11,18H,6-7,17H2,1H3. The maximum absolute atomic E-state index is 13.0. The van der Waals surface area contributed by atoms with Crippen molar-refractivity contribution in [3.8, 4) is 5.75 Å². The van der Waals surface area contributed by atoms with Crippen LogP contribution in [0.1, 0.15) is 25.3 Å². The minimum Gasteiger partial charge on any atom is -0.490 e. The number of aliphatic hydroxyl groups is 1. The quantitative estimate of drug-likeness (QED) is 0.886. The Morgan fingerprint density at radius 1 is 1.26 bits per heavy atom. The van der Waals surface area contributed by atoms with Crippen LogP contribution in [0, 0.1) is 0 Å². The second-order valence-electron chi connectivity index (χ2n) is 4.89. The monoisotopic (exact) mass is 275 g/mol. The third-order valence-electron chi connectivity index (χ3n) is 3.21. The fraction of sp³-hybridized carbons (Fsp3) is 0.538. The molecule has 0 saturated heterocycles. The number of alkyl halides is 3. The fourth-order valence-corrected chi connectivity index (χ4v) is 1.85. The van der Waals surface area contributed by atoms with Crippen molar-refractivity contribution in [2.75, 3.05) is 0 Å². The van der Waals surface area contributed by atoms with Crippen LogP contribution in [0.25, 0.3) is 0 Å². The van der Waals surface area contributed by atoms with Gasteiger partial charge in [-0.3, -0.25) is 0 Å². The van der Waals surface area contributed by atoms with Crippen molar-refractivity contribution in [2.45, 2.75) is 43.7 Å². The van der Waals surface area contributed by atoms with E-state index < -0.39 is 17.8 Å². The highest BCUT2D eigenvalue weighted by atomic mass is 19.4. The van der Waals surface area contributed by atoms with Crippen LogP contribution in [-0.4, -0.2) is 23.4 Å². The van der Waals surface area contributed by atoms with Gasteiger partial charge in [0.15, 0.2) is 0 Å². The van der Waals surface area contributed by atoms with E-state index in [4.69, 9.17) is 10.5 Å². The Kier molecular flexibility index (Phi) is 3.49. The Morgan fingerprint density at radius 2 is 1.79 bits per heavy atom. The normalized spacial score (nSPS) is 20.7. The van der Waals surface area contributed by atoms with Gasteiger partial charge in [0.2, 0.25) is 5.60 Å². The molecule has 3 N–H and O–H groups in total. The highest BCUT2D eigenvalue weighted by molar-refractivity contribution is 5.33.